The molecule has 0 aromatic heterocycles. The van der Waals surface area contributed by atoms with Crippen molar-refractivity contribution in [3.05, 3.63) is 48.0 Å². The highest BCUT2D eigenvalue weighted by Gasteiger charge is 2.15. The van der Waals surface area contributed by atoms with E-state index in [1.54, 1.807) is 6.07 Å². The van der Waals surface area contributed by atoms with Crippen molar-refractivity contribution in [1.82, 2.24) is 0 Å². The third-order valence-electron chi connectivity index (χ3n) is 3.58. The lowest BCUT2D eigenvalue weighted by molar-refractivity contribution is 0.399. The normalized spacial score (nSPS) is 11.5. The largest absolute Gasteiger partial charge is 0.504 e. The maximum atomic E-state index is 10.1. The van der Waals surface area contributed by atoms with Crippen LogP contribution >= 0.6 is 0 Å². The fourth-order valence-corrected chi connectivity index (χ4v) is 2.68. The number of fused-ring (bicyclic) bond motifs is 2. The molecule has 0 aliphatic carbocycles. The molecule has 96 valence electrons. The first-order chi connectivity index (χ1) is 9.08. The maximum absolute atomic E-state index is 10.1. The fourth-order valence-electron chi connectivity index (χ4n) is 2.68. The van der Waals surface area contributed by atoms with Gasteiger partial charge in [-0.3, -0.25) is 0 Å². The topological polar surface area (TPSA) is 40.5 Å². The van der Waals surface area contributed by atoms with E-state index in [-0.39, 0.29) is 17.4 Å². The van der Waals surface area contributed by atoms with Crippen molar-refractivity contribution in [3.8, 4) is 11.5 Å². The van der Waals surface area contributed by atoms with Crippen molar-refractivity contribution in [2.75, 3.05) is 0 Å². The summed E-state index contributed by atoms with van der Waals surface area (Å²) in [6, 6.07) is 13.9. The molecule has 0 fully saturated rings. The lowest BCUT2D eigenvalue weighted by Crippen LogP contribution is -1.91. The number of hydrogen-bond acceptors (Lipinski definition) is 2. The third kappa shape index (κ3) is 1.80. The van der Waals surface area contributed by atoms with Crippen molar-refractivity contribution in [1.29, 1.82) is 0 Å². The molecule has 0 atom stereocenters. The Morgan fingerprint density at radius 3 is 2.11 bits per heavy atom. The van der Waals surface area contributed by atoms with Crippen molar-refractivity contribution in [2.24, 2.45) is 0 Å². The average molecular weight is 252 g/mol. The molecule has 0 spiro atoms. The number of phenols is 2. The van der Waals surface area contributed by atoms with Crippen molar-refractivity contribution >= 4 is 21.5 Å². The molecule has 2 heteroatoms. The first-order valence-electron chi connectivity index (χ1n) is 6.45. The summed E-state index contributed by atoms with van der Waals surface area (Å²) in [5.41, 5.74) is 0.806. The van der Waals surface area contributed by atoms with Crippen LogP contribution in [-0.4, -0.2) is 10.2 Å². The molecule has 0 saturated heterocycles. The quantitative estimate of drug-likeness (QED) is 0.493. The van der Waals surface area contributed by atoms with Crippen LogP contribution in [0.3, 0.4) is 0 Å². The zero-order valence-electron chi connectivity index (χ0n) is 11.0. The lowest BCUT2D eigenvalue weighted by Gasteiger charge is -2.14. The van der Waals surface area contributed by atoms with Gasteiger partial charge in [0.1, 0.15) is 0 Å². The highest BCUT2D eigenvalue weighted by Crippen LogP contribution is 2.41. The molecule has 19 heavy (non-hydrogen) atoms. The van der Waals surface area contributed by atoms with E-state index in [1.165, 1.54) is 0 Å². The summed E-state index contributed by atoms with van der Waals surface area (Å²) < 4.78 is 0. The van der Waals surface area contributed by atoms with Crippen LogP contribution in [0.4, 0.5) is 0 Å². The predicted octanol–water partition coefficient (Wildman–Crippen LogP) is 4.53. The first-order valence-corrected chi connectivity index (χ1v) is 6.45. The number of aromatic hydroxyl groups is 2. The molecular formula is C17H16O2. The van der Waals surface area contributed by atoms with Crippen LogP contribution in [0, 0.1) is 0 Å². The second kappa shape index (κ2) is 4.16. The molecule has 0 amide bonds. The maximum Gasteiger partial charge on any atom is 0.161 e. The van der Waals surface area contributed by atoms with Crippen LogP contribution in [0.2, 0.25) is 0 Å². The van der Waals surface area contributed by atoms with Gasteiger partial charge in [0.2, 0.25) is 0 Å². The smallest absolute Gasteiger partial charge is 0.161 e. The Labute approximate surface area is 111 Å². The number of phenolic OH excluding ortho intramolecular Hbond substituents is 2. The first kappa shape index (κ1) is 11.8. The van der Waals surface area contributed by atoms with E-state index in [2.05, 4.69) is 18.2 Å². The second-order valence-corrected chi connectivity index (χ2v) is 5.23. The van der Waals surface area contributed by atoms with Crippen LogP contribution in [0.1, 0.15) is 25.3 Å². The molecule has 3 rings (SSSR count). The van der Waals surface area contributed by atoms with E-state index in [9.17, 15) is 10.2 Å². The van der Waals surface area contributed by atoms with E-state index >= 15 is 0 Å². The van der Waals surface area contributed by atoms with Gasteiger partial charge in [-0.05, 0) is 45.7 Å². The lowest BCUT2D eigenvalue weighted by atomic mass is 9.92. The summed E-state index contributed by atoms with van der Waals surface area (Å²) >= 11 is 0. The minimum absolute atomic E-state index is 0.00205. The van der Waals surface area contributed by atoms with Gasteiger partial charge < -0.3 is 10.2 Å². The molecule has 0 heterocycles. The minimum Gasteiger partial charge on any atom is -0.504 e. The standard InChI is InChI=1S/C17H16O2/c1-10(2)16-14-8-12-6-4-3-5-11(12)7-13(14)9-15(18)17(16)19/h3-10,18-19H,1-2H3. The third-order valence-corrected chi connectivity index (χ3v) is 3.58. The van der Waals surface area contributed by atoms with Crippen LogP contribution in [0.15, 0.2) is 42.5 Å². The second-order valence-electron chi connectivity index (χ2n) is 5.23. The fraction of sp³-hybridized carbons (Fsp3) is 0.176. The summed E-state index contributed by atoms with van der Waals surface area (Å²) in [6.07, 6.45) is 0. The minimum atomic E-state index is -0.0496. The predicted molar refractivity (Wildman–Crippen MR) is 78.9 cm³/mol. The molecule has 0 radical (unpaired) electrons. The van der Waals surface area contributed by atoms with E-state index in [4.69, 9.17) is 0 Å². The van der Waals surface area contributed by atoms with Gasteiger partial charge in [0.15, 0.2) is 11.5 Å². The van der Waals surface area contributed by atoms with Gasteiger partial charge in [0.05, 0.1) is 0 Å². The molecule has 0 aliphatic rings. The molecule has 3 aromatic rings. The highest BCUT2D eigenvalue weighted by molar-refractivity contribution is 6.01. The Morgan fingerprint density at radius 2 is 1.47 bits per heavy atom. The monoisotopic (exact) mass is 252 g/mol. The van der Waals surface area contributed by atoms with Crippen LogP contribution in [-0.2, 0) is 0 Å². The average Bonchev–Trinajstić information content (AvgIpc) is 2.37. The molecular weight excluding hydrogens is 236 g/mol. The molecule has 0 bridgehead atoms. The van der Waals surface area contributed by atoms with Gasteiger partial charge in [0, 0.05) is 5.56 Å². The number of benzene rings is 3. The summed E-state index contributed by atoms with van der Waals surface area (Å²) in [5.74, 6) is 0.0972. The summed E-state index contributed by atoms with van der Waals surface area (Å²) in [6.45, 7) is 4.03. The van der Waals surface area contributed by atoms with Crippen LogP contribution in [0.5, 0.6) is 11.5 Å². The van der Waals surface area contributed by atoms with Gasteiger partial charge in [-0.1, -0.05) is 38.1 Å². The molecule has 2 nitrogen and oxygen atoms in total. The van der Waals surface area contributed by atoms with Crippen molar-refractivity contribution in [3.63, 3.8) is 0 Å². The van der Waals surface area contributed by atoms with Gasteiger partial charge in [-0.25, -0.2) is 0 Å². The SMILES string of the molecule is CC(C)c1c(O)c(O)cc2cc3ccccc3cc12. The zero-order chi connectivity index (χ0) is 13.6. The molecule has 0 aliphatic heterocycles. The van der Waals surface area contributed by atoms with Crippen LogP contribution < -0.4 is 0 Å². The van der Waals surface area contributed by atoms with E-state index in [0.717, 1.165) is 27.1 Å². The molecule has 3 aromatic carbocycles. The Balaban J connectivity index is 2.50. The Morgan fingerprint density at radius 1 is 0.842 bits per heavy atom. The van der Waals surface area contributed by atoms with E-state index < -0.39 is 0 Å². The number of hydrogen-bond donors (Lipinski definition) is 2. The van der Waals surface area contributed by atoms with Gasteiger partial charge in [-0.15, -0.1) is 0 Å². The Bertz CT molecular complexity index is 773. The van der Waals surface area contributed by atoms with Gasteiger partial charge >= 0.3 is 0 Å². The summed E-state index contributed by atoms with van der Waals surface area (Å²) in [4.78, 5) is 0. The number of rotatable bonds is 1. The molecule has 2 N–H and O–H groups in total. The van der Waals surface area contributed by atoms with E-state index in [1.807, 2.05) is 32.0 Å². The van der Waals surface area contributed by atoms with E-state index in [0.29, 0.717) is 0 Å². The van der Waals surface area contributed by atoms with Crippen molar-refractivity contribution in [2.45, 2.75) is 19.8 Å². The Kier molecular flexibility index (Phi) is 2.59. The zero-order valence-corrected chi connectivity index (χ0v) is 11.0. The summed E-state index contributed by atoms with van der Waals surface area (Å²) in [5, 5.41) is 24.2. The van der Waals surface area contributed by atoms with Gasteiger partial charge in [-0.2, -0.15) is 0 Å². The Hall–Kier alpha value is -2.22. The van der Waals surface area contributed by atoms with Crippen molar-refractivity contribution < 1.29 is 10.2 Å². The summed E-state index contributed by atoms with van der Waals surface area (Å²) in [7, 11) is 0. The van der Waals surface area contributed by atoms with Gasteiger partial charge in [0.25, 0.3) is 0 Å². The molecule has 0 unspecified atom stereocenters. The molecule has 0 saturated carbocycles. The highest BCUT2D eigenvalue weighted by atomic mass is 16.3. The van der Waals surface area contributed by atoms with Crippen LogP contribution in [0.25, 0.3) is 21.5 Å².